The average Bonchev–Trinajstić information content (AvgIpc) is 2.77. The number of hydrogen-bond acceptors (Lipinski definition) is 7. The third kappa shape index (κ3) is 7.24. The molecule has 11 heteroatoms. The van der Waals surface area contributed by atoms with Gasteiger partial charge in [0.2, 0.25) is 23.6 Å². The van der Waals surface area contributed by atoms with Crippen molar-refractivity contribution in [2.24, 2.45) is 0 Å². The first-order valence-electron chi connectivity index (χ1n) is 11.2. The van der Waals surface area contributed by atoms with Gasteiger partial charge in [0.15, 0.2) is 0 Å². The minimum atomic E-state index is -0.861. The minimum absolute atomic E-state index is 0.116. The van der Waals surface area contributed by atoms with E-state index in [2.05, 4.69) is 20.9 Å². The van der Waals surface area contributed by atoms with Crippen molar-refractivity contribution in [3.05, 3.63) is 24.3 Å². The summed E-state index contributed by atoms with van der Waals surface area (Å²) in [5.41, 5.74) is 1.14. The molecule has 0 spiro atoms. The highest BCUT2D eigenvalue weighted by atomic mass is 16.3. The summed E-state index contributed by atoms with van der Waals surface area (Å²) in [7, 11) is 0. The number of β-amino-alcohol motifs (C(OH)–C–C–N with tert-alkyl or cyclic N) is 1. The molecule has 2 heterocycles. The molecule has 2 fully saturated rings. The van der Waals surface area contributed by atoms with E-state index in [1.807, 2.05) is 4.90 Å². The van der Waals surface area contributed by atoms with Crippen LogP contribution in [0.3, 0.4) is 0 Å². The van der Waals surface area contributed by atoms with Crippen LogP contribution in [0, 0.1) is 0 Å². The van der Waals surface area contributed by atoms with Crippen LogP contribution in [0.25, 0.3) is 0 Å². The Morgan fingerprint density at radius 2 is 1.61 bits per heavy atom. The monoisotopic (exact) mass is 460 g/mol. The van der Waals surface area contributed by atoms with Gasteiger partial charge < -0.3 is 26.0 Å². The van der Waals surface area contributed by atoms with Gasteiger partial charge in [-0.25, -0.2) is 0 Å². The zero-order chi connectivity index (χ0) is 23.8. The number of nitrogens with one attached hydrogen (secondary N) is 3. The molecule has 1 aromatic rings. The van der Waals surface area contributed by atoms with Crippen LogP contribution in [-0.2, 0) is 19.2 Å². The Kier molecular flexibility index (Phi) is 8.75. The number of rotatable bonds is 8. The Morgan fingerprint density at radius 3 is 2.21 bits per heavy atom. The van der Waals surface area contributed by atoms with Crippen molar-refractivity contribution in [2.75, 3.05) is 69.6 Å². The first-order chi connectivity index (χ1) is 15.9. The molecule has 0 radical (unpaired) electrons. The molecule has 33 heavy (non-hydrogen) atoms. The van der Waals surface area contributed by atoms with Gasteiger partial charge in [0.25, 0.3) is 0 Å². The van der Waals surface area contributed by atoms with E-state index in [1.165, 1.54) is 11.8 Å². The molecule has 2 saturated heterocycles. The van der Waals surface area contributed by atoms with E-state index in [-0.39, 0.29) is 43.2 Å². The summed E-state index contributed by atoms with van der Waals surface area (Å²) in [4.78, 5) is 54.9. The largest absolute Gasteiger partial charge is 0.395 e. The van der Waals surface area contributed by atoms with Gasteiger partial charge in [-0.15, -0.1) is 0 Å². The Balaban J connectivity index is 1.54. The first-order valence-corrected chi connectivity index (χ1v) is 11.2. The Bertz CT molecular complexity index is 853. The number of aliphatic hydroxyl groups excluding tert-OH is 1. The first kappa shape index (κ1) is 24.6. The smallest absolute Gasteiger partial charge is 0.243 e. The minimum Gasteiger partial charge on any atom is -0.395 e. The molecule has 1 aromatic carbocycles. The molecule has 11 nitrogen and oxygen atoms in total. The second kappa shape index (κ2) is 11.7. The molecule has 2 aliphatic heterocycles. The molecule has 0 bridgehead atoms. The lowest BCUT2D eigenvalue weighted by Crippen LogP contribution is -2.60. The van der Waals surface area contributed by atoms with Crippen molar-refractivity contribution in [3.8, 4) is 0 Å². The van der Waals surface area contributed by atoms with Crippen LogP contribution < -0.4 is 16.0 Å². The van der Waals surface area contributed by atoms with E-state index in [1.54, 1.807) is 24.3 Å². The van der Waals surface area contributed by atoms with Gasteiger partial charge in [-0.3, -0.25) is 29.0 Å². The highest BCUT2D eigenvalue weighted by Crippen LogP contribution is 2.16. The number of aliphatic hydroxyl groups is 1. The lowest BCUT2D eigenvalue weighted by molar-refractivity contribution is -0.145. The third-order valence-electron chi connectivity index (χ3n) is 5.76. The summed E-state index contributed by atoms with van der Waals surface area (Å²) < 4.78 is 0. The molecule has 2 aliphatic rings. The number of amides is 4. The molecule has 3 rings (SSSR count). The summed E-state index contributed by atoms with van der Waals surface area (Å²) >= 11 is 0. The highest BCUT2D eigenvalue weighted by Gasteiger charge is 2.35. The normalized spacial score (nSPS) is 19.6. The molecule has 0 saturated carbocycles. The van der Waals surface area contributed by atoms with Crippen LogP contribution in [0.1, 0.15) is 13.3 Å². The lowest BCUT2D eigenvalue weighted by atomic mass is 10.1. The van der Waals surface area contributed by atoms with Crippen molar-refractivity contribution in [1.82, 2.24) is 20.0 Å². The van der Waals surface area contributed by atoms with Crippen LogP contribution >= 0.6 is 0 Å². The standard InChI is InChI=1S/C22H32N6O5/c1-16(30)24-17-2-4-18(5-3-17)25-20(31)14-19-22(33)23-6-7-28(19)21(32)15-27-10-8-26(9-11-27)12-13-29/h2-5,19,29H,6-15H2,1H3,(H,23,33)(H,24,30)(H,25,31)/t19-/m1/s1. The van der Waals surface area contributed by atoms with Gasteiger partial charge in [0.1, 0.15) is 6.04 Å². The van der Waals surface area contributed by atoms with Crippen molar-refractivity contribution in [1.29, 1.82) is 0 Å². The van der Waals surface area contributed by atoms with E-state index in [4.69, 9.17) is 5.11 Å². The van der Waals surface area contributed by atoms with E-state index in [0.29, 0.717) is 44.1 Å². The highest BCUT2D eigenvalue weighted by molar-refractivity contribution is 5.98. The predicted octanol–water partition coefficient (Wildman–Crippen LogP) is -1.09. The van der Waals surface area contributed by atoms with Crippen LogP contribution in [0.15, 0.2) is 24.3 Å². The SMILES string of the molecule is CC(=O)Nc1ccc(NC(=O)C[C@@H]2C(=O)NCCN2C(=O)CN2CCN(CCO)CC2)cc1. The number of nitrogens with zero attached hydrogens (tertiary/aromatic N) is 3. The van der Waals surface area contributed by atoms with Crippen LogP contribution in [-0.4, -0.2) is 108 Å². The number of hydrogen-bond donors (Lipinski definition) is 4. The van der Waals surface area contributed by atoms with Crippen LogP contribution in [0.2, 0.25) is 0 Å². The summed E-state index contributed by atoms with van der Waals surface area (Å²) in [6, 6.07) is 5.79. The second-order valence-electron chi connectivity index (χ2n) is 8.25. The molecule has 0 aromatic heterocycles. The van der Waals surface area contributed by atoms with Crippen LogP contribution in [0.5, 0.6) is 0 Å². The van der Waals surface area contributed by atoms with E-state index < -0.39 is 6.04 Å². The third-order valence-corrected chi connectivity index (χ3v) is 5.76. The Labute approximate surface area is 193 Å². The van der Waals surface area contributed by atoms with Crippen molar-refractivity contribution >= 4 is 35.0 Å². The Hall–Kier alpha value is -3.02. The number of carbonyl (C=O) groups is 4. The van der Waals surface area contributed by atoms with E-state index in [9.17, 15) is 19.2 Å². The van der Waals surface area contributed by atoms with Gasteiger partial charge >= 0.3 is 0 Å². The molecule has 4 N–H and O–H groups in total. The second-order valence-corrected chi connectivity index (χ2v) is 8.25. The summed E-state index contributed by atoms with van der Waals surface area (Å²) in [6.07, 6.45) is -0.144. The molecule has 1 atom stereocenters. The van der Waals surface area contributed by atoms with Crippen molar-refractivity contribution in [3.63, 3.8) is 0 Å². The van der Waals surface area contributed by atoms with Gasteiger partial charge in [0, 0.05) is 64.1 Å². The fourth-order valence-electron chi connectivity index (χ4n) is 4.04. The zero-order valence-electron chi connectivity index (χ0n) is 18.9. The Morgan fingerprint density at radius 1 is 1.00 bits per heavy atom. The number of piperazine rings is 2. The summed E-state index contributed by atoms with van der Waals surface area (Å²) in [6.45, 7) is 6.05. The van der Waals surface area contributed by atoms with Crippen molar-refractivity contribution in [2.45, 2.75) is 19.4 Å². The van der Waals surface area contributed by atoms with Crippen LogP contribution in [0.4, 0.5) is 11.4 Å². The maximum absolute atomic E-state index is 13.0. The summed E-state index contributed by atoms with van der Waals surface area (Å²) in [5, 5.41) is 17.2. The predicted molar refractivity (Wildman–Crippen MR) is 122 cm³/mol. The number of benzene rings is 1. The maximum atomic E-state index is 13.0. The van der Waals surface area contributed by atoms with E-state index >= 15 is 0 Å². The van der Waals surface area contributed by atoms with Gasteiger partial charge in [-0.1, -0.05) is 0 Å². The molecule has 180 valence electrons. The molecular weight excluding hydrogens is 428 g/mol. The average molecular weight is 461 g/mol. The van der Waals surface area contributed by atoms with Gasteiger partial charge in [-0.05, 0) is 24.3 Å². The van der Waals surface area contributed by atoms with Gasteiger partial charge in [0.05, 0.1) is 19.6 Å². The van der Waals surface area contributed by atoms with E-state index in [0.717, 1.165) is 13.1 Å². The van der Waals surface area contributed by atoms with Gasteiger partial charge in [-0.2, -0.15) is 0 Å². The molecular formula is C22H32N6O5. The number of carbonyl (C=O) groups excluding carboxylic acids is 4. The zero-order valence-corrected chi connectivity index (χ0v) is 18.9. The van der Waals surface area contributed by atoms with Crippen molar-refractivity contribution < 1.29 is 24.3 Å². The summed E-state index contributed by atoms with van der Waals surface area (Å²) in [5.74, 6) is -1.07. The molecule has 0 aliphatic carbocycles. The molecule has 4 amide bonds. The molecule has 0 unspecified atom stereocenters. The fourth-order valence-corrected chi connectivity index (χ4v) is 4.04. The lowest BCUT2D eigenvalue weighted by Gasteiger charge is -2.38. The quantitative estimate of drug-likeness (QED) is 0.387. The maximum Gasteiger partial charge on any atom is 0.243 e. The topological polar surface area (TPSA) is 134 Å². The fraction of sp³-hybridized carbons (Fsp3) is 0.545. The number of anilines is 2.